The number of likely N-dealkylation sites (tertiary alicyclic amines) is 1. The van der Waals surface area contributed by atoms with Crippen molar-refractivity contribution in [1.82, 2.24) is 4.90 Å². The molecule has 0 radical (unpaired) electrons. The third-order valence-electron chi connectivity index (χ3n) is 3.46. The summed E-state index contributed by atoms with van der Waals surface area (Å²) in [5.41, 5.74) is 6.89. The van der Waals surface area contributed by atoms with Gasteiger partial charge in [-0.1, -0.05) is 23.9 Å². The van der Waals surface area contributed by atoms with Gasteiger partial charge in [-0.05, 0) is 43.6 Å². The second kappa shape index (κ2) is 5.99. The summed E-state index contributed by atoms with van der Waals surface area (Å²) in [4.78, 5) is 2.90. The highest BCUT2D eigenvalue weighted by molar-refractivity contribution is 7.99. The predicted octanol–water partition coefficient (Wildman–Crippen LogP) is 2.95. The van der Waals surface area contributed by atoms with Gasteiger partial charge in [0, 0.05) is 17.5 Å². The highest BCUT2D eigenvalue weighted by atomic mass is 32.2. The van der Waals surface area contributed by atoms with Crippen molar-refractivity contribution in [3.05, 3.63) is 29.8 Å². The standard InChI is InChI=1S/C13H18F2N2S/c1-17-8-9(7-16)6-12(17)10-2-4-11(5-3-10)18-13(14)15/h2-5,9,12-13H,6-8,16H2,1H3. The molecule has 1 aliphatic heterocycles. The molecule has 2 rings (SSSR count). The lowest BCUT2D eigenvalue weighted by molar-refractivity contribution is 0.252. The van der Waals surface area contributed by atoms with E-state index in [4.69, 9.17) is 5.73 Å². The number of halogens is 2. The number of alkyl halides is 2. The first-order valence-corrected chi connectivity index (χ1v) is 6.93. The van der Waals surface area contributed by atoms with Crippen molar-refractivity contribution in [2.24, 2.45) is 11.7 Å². The second-order valence-electron chi connectivity index (χ2n) is 4.74. The minimum absolute atomic E-state index is 0.365. The summed E-state index contributed by atoms with van der Waals surface area (Å²) in [7, 11) is 2.09. The molecule has 1 aromatic carbocycles. The lowest BCUT2D eigenvalue weighted by atomic mass is 10.00. The zero-order valence-corrected chi connectivity index (χ0v) is 11.2. The topological polar surface area (TPSA) is 29.3 Å². The smallest absolute Gasteiger partial charge is 0.288 e. The van der Waals surface area contributed by atoms with E-state index in [0.717, 1.165) is 13.0 Å². The van der Waals surface area contributed by atoms with Crippen molar-refractivity contribution in [3.8, 4) is 0 Å². The minimum Gasteiger partial charge on any atom is -0.330 e. The molecule has 0 saturated carbocycles. The zero-order chi connectivity index (χ0) is 13.1. The Bertz CT molecular complexity index is 383. The van der Waals surface area contributed by atoms with Crippen LogP contribution in [0, 0.1) is 5.92 Å². The summed E-state index contributed by atoms with van der Waals surface area (Å²) in [6, 6.07) is 7.81. The largest absolute Gasteiger partial charge is 0.330 e. The van der Waals surface area contributed by atoms with Crippen LogP contribution in [0.25, 0.3) is 0 Å². The van der Waals surface area contributed by atoms with Crippen molar-refractivity contribution in [3.63, 3.8) is 0 Å². The lowest BCUT2D eigenvalue weighted by Gasteiger charge is -2.19. The summed E-state index contributed by atoms with van der Waals surface area (Å²) >= 11 is 0.589. The highest BCUT2D eigenvalue weighted by Crippen LogP contribution is 2.35. The maximum Gasteiger partial charge on any atom is 0.288 e. The Morgan fingerprint density at radius 2 is 2.06 bits per heavy atom. The Morgan fingerprint density at radius 1 is 1.39 bits per heavy atom. The predicted molar refractivity (Wildman–Crippen MR) is 70.8 cm³/mol. The highest BCUT2D eigenvalue weighted by Gasteiger charge is 2.29. The van der Waals surface area contributed by atoms with Gasteiger partial charge in [0.1, 0.15) is 0 Å². The maximum absolute atomic E-state index is 12.2. The maximum atomic E-state index is 12.2. The molecule has 1 aromatic rings. The SMILES string of the molecule is CN1CC(CN)CC1c1ccc(SC(F)F)cc1. The Kier molecular flexibility index (Phi) is 4.59. The fourth-order valence-electron chi connectivity index (χ4n) is 2.54. The molecule has 0 aliphatic carbocycles. The van der Waals surface area contributed by atoms with E-state index in [2.05, 4.69) is 11.9 Å². The monoisotopic (exact) mass is 272 g/mol. The molecule has 0 spiro atoms. The third kappa shape index (κ3) is 3.22. The first-order chi connectivity index (χ1) is 8.60. The summed E-state index contributed by atoms with van der Waals surface area (Å²) in [5, 5.41) is 0. The number of benzene rings is 1. The molecule has 18 heavy (non-hydrogen) atoms. The zero-order valence-electron chi connectivity index (χ0n) is 10.4. The van der Waals surface area contributed by atoms with Crippen molar-refractivity contribution < 1.29 is 8.78 Å². The van der Waals surface area contributed by atoms with Crippen LogP contribution in [0.2, 0.25) is 0 Å². The van der Waals surface area contributed by atoms with Gasteiger partial charge in [-0.15, -0.1) is 0 Å². The van der Waals surface area contributed by atoms with Crippen LogP contribution < -0.4 is 5.73 Å². The van der Waals surface area contributed by atoms with Crippen molar-refractivity contribution in [2.75, 3.05) is 20.1 Å². The van der Waals surface area contributed by atoms with Crippen LogP contribution in [0.5, 0.6) is 0 Å². The number of thioether (sulfide) groups is 1. The molecule has 1 heterocycles. The minimum atomic E-state index is -2.35. The second-order valence-corrected chi connectivity index (χ2v) is 5.80. The van der Waals surface area contributed by atoms with Crippen molar-refractivity contribution >= 4 is 11.8 Å². The average Bonchev–Trinajstić information content (AvgIpc) is 2.71. The first kappa shape index (κ1) is 13.8. The number of hydrogen-bond donors (Lipinski definition) is 1. The van der Waals surface area contributed by atoms with E-state index in [1.807, 2.05) is 12.1 Å². The molecule has 5 heteroatoms. The van der Waals surface area contributed by atoms with Crippen molar-refractivity contribution in [2.45, 2.75) is 23.1 Å². The number of nitrogens with two attached hydrogens (primary N) is 1. The summed E-state index contributed by atoms with van der Waals surface area (Å²) < 4.78 is 24.4. The third-order valence-corrected chi connectivity index (χ3v) is 4.18. The van der Waals surface area contributed by atoms with Crippen LogP contribution in [0.1, 0.15) is 18.0 Å². The van der Waals surface area contributed by atoms with E-state index in [1.165, 1.54) is 5.56 Å². The van der Waals surface area contributed by atoms with Gasteiger partial charge in [0.15, 0.2) is 0 Å². The van der Waals surface area contributed by atoms with Crippen LogP contribution in [0.15, 0.2) is 29.2 Å². The van der Waals surface area contributed by atoms with E-state index < -0.39 is 5.76 Å². The van der Waals surface area contributed by atoms with E-state index in [1.54, 1.807) is 12.1 Å². The van der Waals surface area contributed by atoms with E-state index in [9.17, 15) is 8.78 Å². The Hall–Kier alpha value is -0.650. The van der Waals surface area contributed by atoms with Gasteiger partial charge in [0.25, 0.3) is 5.76 Å². The Morgan fingerprint density at radius 3 is 2.56 bits per heavy atom. The summed E-state index contributed by atoms with van der Waals surface area (Å²) in [5.74, 6) is -1.82. The lowest BCUT2D eigenvalue weighted by Crippen LogP contribution is -2.20. The van der Waals surface area contributed by atoms with Gasteiger partial charge in [-0.3, -0.25) is 4.90 Å². The molecule has 1 fully saturated rings. The number of rotatable bonds is 4. The number of nitrogens with zero attached hydrogens (tertiary/aromatic N) is 1. The van der Waals surface area contributed by atoms with Crippen LogP contribution in [0.4, 0.5) is 8.78 Å². The van der Waals surface area contributed by atoms with Gasteiger partial charge in [-0.25, -0.2) is 0 Å². The van der Waals surface area contributed by atoms with Gasteiger partial charge < -0.3 is 5.73 Å². The molecule has 1 saturated heterocycles. The molecule has 0 aromatic heterocycles. The molecule has 2 atom stereocenters. The molecule has 1 aliphatic rings. The molecule has 2 nitrogen and oxygen atoms in total. The Labute approximate surface area is 111 Å². The molecule has 2 N–H and O–H groups in total. The fourth-order valence-corrected chi connectivity index (χ4v) is 3.04. The van der Waals surface area contributed by atoms with E-state index in [-0.39, 0.29) is 0 Å². The molecule has 0 bridgehead atoms. The molecule has 0 amide bonds. The first-order valence-electron chi connectivity index (χ1n) is 6.05. The quantitative estimate of drug-likeness (QED) is 0.855. The van der Waals surface area contributed by atoms with Gasteiger partial charge >= 0.3 is 0 Å². The summed E-state index contributed by atoms with van der Waals surface area (Å²) in [6.45, 7) is 1.72. The van der Waals surface area contributed by atoms with Crippen LogP contribution in [-0.2, 0) is 0 Å². The molecular formula is C13H18F2N2S. The molecule has 2 unspecified atom stereocenters. The van der Waals surface area contributed by atoms with Gasteiger partial charge in [0.2, 0.25) is 0 Å². The average molecular weight is 272 g/mol. The van der Waals surface area contributed by atoms with E-state index >= 15 is 0 Å². The normalized spacial score (nSPS) is 24.9. The Balaban J connectivity index is 2.05. The van der Waals surface area contributed by atoms with E-state index in [0.29, 0.717) is 35.2 Å². The van der Waals surface area contributed by atoms with Crippen LogP contribution >= 0.6 is 11.8 Å². The fraction of sp³-hybridized carbons (Fsp3) is 0.538. The van der Waals surface area contributed by atoms with Crippen molar-refractivity contribution in [1.29, 1.82) is 0 Å². The summed E-state index contributed by atoms with van der Waals surface area (Å²) in [6.07, 6.45) is 1.05. The van der Waals surface area contributed by atoms with Gasteiger partial charge in [0.05, 0.1) is 0 Å². The van der Waals surface area contributed by atoms with Gasteiger partial charge in [-0.2, -0.15) is 8.78 Å². The van der Waals surface area contributed by atoms with Crippen LogP contribution in [-0.4, -0.2) is 30.8 Å². The molecule has 100 valence electrons. The van der Waals surface area contributed by atoms with Crippen LogP contribution in [0.3, 0.4) is 0 Å². The number of hydrogen-bond acceptors (Lipinski definition) is 3. The molecular weight excluding hydrogens is 254 g/mol.